The van der Waals surface area contributed by atoms with Crippen LogP contribution >= 0.6 is 0 Å². The predicted molar refractivity (Wildman–Crippen MR) is 140 cm³/mol. The summed E-state index contributed by atoms with van der Waals surface area (Å²) in [6.45, 7) is 1.44. The lowest BCUT2D eigenvalue weighted by atomic mass is 10.1. The van der Waals surface area contributed by atoms with Crippen molar-refractivity contribution in [2.24, 2.45) is 5.73 Å². The highest BCUT2D eigenvalue weighted by Crippen LogP contribution is 2.15. The van der Waals surface area contributed by atoms with E-state index in [-0.39, 0.29) is 44.3 Å². The van der Waals surface area contributed by atoms with Gasteiger partial charge in [-0.3, -0.25) is 24.7 Å². The molecular formula is C26H32N6O6. The fraction of sp³-hybridized carbons (Fsp3) is 0.346. The molecule has 1 aliphatic rings. The number of carbonyl (C=O) groups excluding carboxylic acids is 3. The van der Waals surface area contributed by atoms with Crippen LogP contribution in [0.2, 0.25) is 0 Å². The molecule has 1 aliphatic heterocycles. The molecule has 12 heteroatoms. The fourth-order valence-corrected chi connectivity index (χ4v) is 3.95. The second kappa shape index (κ2) is 13.7. The van der Waals surface area contributed by atoms with Crippen molar-refractivity contribution in [3.63, 3.8) is 0 Å². The molecule has 1 fully saturated rings. The van der Waals surface area contributed by atoms with Crippen LogP contribution in [0.4, 0.5) is 10.5 Å². The van der Waals surface area contributed by atoms with E-state index in [0.29, 0.717) is 30.9 Å². The monoisotopic (exact) mass is 524 g/mol. The number of anilines is 1. The lowest BCUT2D eigenvalue weighted by molar-refractivity contribution is -0.136. The molecule has 0 aromatic heterocycles. The van der Waals surface area contributed by atoms with E-state index in [2.05, 4.69) is 10.6 Å². The van der Waals surface area contributed by atoms with E-state index in [0.717, 1.165) is 5.56 Å². The molecule has 1 atom stereocenters. The van der Waals surface area contributed by atoms with Gasteiger partial charge in [0.25, 0.3) is 5.91 Å². The van der Waals surface area contributed by atoms with Crippen LogP contribution in [0, 0.1) is 5.41 Å². The Hall–Kier alpha value is -4.45. The van der Waals surface area contributed by atoms with Gasteiger partial charge in [-0.2, -0.15) is 0 Å². The molecule has 0 spiro atoms. The minimum atomic E-state index is -1.01. The molecular weight excluding hydrogens is 492 g/mol. The maximum absolute atomic E-state index is 12.6. The summed E-state index contributed by atoms with van der Waals surface area (Å²) in [6, 6.07) is 15.1. The Kier molecular flexibility index (Phi) is 10.2. The summed E-state index contributed by atoms with van der Waals surface area (Å²) in [5.74, 6) is -1.84. The molecule has 1 saturated heterocycles. The number of nitrogens with zero attached hydrogens (tertiary/aromatic N) is 2. The minimum absolute atomic E-state index is 0.0000800. The highest BCUT2D eigenvalue weighted by atomic mass is 16.6. The summed E-state index contributed by atoms with van der Waals surface area (Å²) in [6.07, 6.45) is -0.562. The van der Waals surface area contributed by atoms with Crippen molar-refractivity contribution >= 4 is 35.4 Å². The van der Waals surface area contributed by atoms with Crippen LogP contribution in [0.15, 0.2) is 54.6 Å². The van der Waals surface area contributed by atoms with Gasteiger partial charge in [0.05, 0.1) is 12.5 Å². The molecule has 3 amide bonds. The third kappa shape index (κ3) is 8.59. The van der Waals surface area contributed by atoms with Crippen LogP contribution in [0.3, 0.4) is 0 Å². The standard InChI is InChI=1S/C26H32N6O6/c27-24(28)21-16-32(26(37)38-17-18-5-2-1-3-6-18)14-13-31(21)12-10-22(33)30-20-8-4-7-19(15-20)25(36)29-11-9-23(34)35/h1-8,15,21H,9-14,16-17H2,(H3,27,28)(H,29,36)(H,30,33)(H,34,35). The Morgan fingerprint density at radius 1 is 1.05 bits per heavy atom. The van der Waals surface area contributed by atoms with Gasteiger partial charge in [0, 0.05) is 50.4 Å². The van der Waals surface area contributed by atoms with Crippen molar-refractivity contribution in [1.82, 2.24) is 15.1 Å². The van der Waals surface area contributed by atoms with Crippen LogP contribution in [-0.4, -0.2) is 83.4 Å². The maximum atomic E-state index is 12.6. The number of amidine groups is 1. The molecule has 1 heterocycles. The molecule has 0 aliphatic carbocycles. The van der Waals surface area contributed by atoms with Crippen molar-refractivity contribution < 1.29 is 29.0 Å². The molecule has 0 bridgehead atoms. The summed E-state index contributed by atoms with van der Waals surface area (Å²) in [7, 11) is 0. The van der Waals surface area contributed by atoms with E-state index >= 15 is 0 Å². The number of carboxylic acids is 1. The predicted octanol–water partition coefficient (Wildman–Crippen LogP) is 1.48. The normalized spacial score (nSPS) is 15.4. The number of aliphatic carboxylic acids is 1. The molecule has 1 unspecified atom stereocenters. The lowest BCUT2D eigenvalue weighted by Gasteiger charge is -2.40. The number of carboxylic acid groups (broad SMARTS) is 1. The first-order valence-electron chi connectivity index (χ1n) is 12.2. The molecule has 12 nitrogen and oxygen atoms in total. The molecule has 38 heavy (non-hydrogen) atoms. The van der Waals surface area contributed by atoms with Gasteiger partial charge in [0.1, 0.15) is 12.4 Å². The maximum Gasteiger partial charge on any atom is 0.410 e. The van der Waals surface area contributed by atoms with Crippen molar-refractivity contribution in [2.45, 2.75) is 25.5 Å². The number of rotatable bonds is 11. The number of piperazine rings is 1. The number of hydrogen-bond acceptors (Lipinski definition) is 7. The second-order valence-electron chi connectivity index (χ2n) is 8.77. The van der Waals surface area contributed by atoms with Gasteiger partial charge in [-0.15, -0.1) is 0 Å². The zero-order valence-electron chi connectivity index (χ0n) is 20.9. The van der Waals surface area contributed by atoms with Crippen molar-refractivity contribution in [3.8, 4) is 0 Å². The summed E-state index contributed by atoms with van der Waals surface area (Å²) in [5, 5.41) is 21.9. The van der Waals surface area contributed by atoms with Crippen LogP contribution in [0.5, 0.6) is 0 Å². The summed E-state index contributed by atoms with van der Waals surface area (Å²) < 4.78 is 5.39. The number of hydrogen-bond donors (Lipinski definition) is 5. The van der Waals surface area contributed by atoms with Gasteiger partial charge < -0.3 is 31.1 Å². The molecule has 6 N–H and O–H groups in total. The number of amides is 3. The van der Waals surface area contributed by atoms with E-state index in [4.69, 9.17) is 21.0 Å². The highest BCUT2D eigenvalue weighted by Gasteiger charge is 2.32. The minimum Gasteiger partial charge on any atom is -0.481 e. The van der Waals surface area contributed by atoms with Crippen LogP contribution in [0.25, 0.3) is 0 Å². The highest BCUT2D eigenvalue weighted by molar-refractivity contribution is 5.97. The van der Waals surface area contributed by atoms with Gasteiger partial charge in [0.15, 0.2) is 0 Å². The third-order valence-electron chi connectivity index (χ3n) is 5.97. The number of ether oxygens (including phenoxy) is 1. The van der Waals surface area contributed by atoms with Gasteiger partial charge >= 0.3 is 12.1 Å². The smallest absolute Gasteiger partial charge is 0.410 e. The molecule has 2 aromatic rings. The quantitative estimate of drug-likeness (QED) is 0.217. The number of nitrogens with two attached hydrogens (primary N) is 1. The third-order valence-corrected chi connectivity index (χ3v) is 5.97. The van der Waals surface area contributed by atoms with Crippen molar-refractivity contribution in [3.05, 3.63) is 65.7 Å². The van der Waals surface area contributed by atoms with Gasteiger partial charge in [-0.25, -0.2) is 4.79 Å². The zero-order chi connectivity index (χ0) is 27.5. The van der Waals surface area contributed by atoms with Crippen molar-refractivity contribution in [2.75, 3.05) is 38.0 Å². The first-order valence-corrected chi connectivity index (χ1v) is 12.2. The first kappa shape index (κ1) is 28.1. The molecule has 2 aromatic carbocycles. The lowest BCUT2D eigenvalue weighted by Crippen LogP contribution is -2.59. The Labute approximate surface area is 220 Å². The van der Waals surface area contributed by atoms with Crippen molar-refractivity contribution in [1.29, 1.82) is 5.41 Å². The average molecular weight is 525 g/mol. The summed E-state index contributed by atoms with van der Waals surface area (Å²) >= 11 is 0. The second-order valence-corrected chi connectivity index (χ2v) is 8.77. The van der Waals surface area contributed by atoms with E-state index in [9.17, 15) is 19.2 Å². The Morgan fingerprint density at radius 3 is 2.53 bits per heavy atom. The van der Waals surface area contributed by atoms with Gasteiger partial charge in [0.2, 0.25) is 5.91 Å². The van der Waals surface area contributed by atoms with Gasteiger partial charge in [-0.1, -0.05) is 36.4 Å². The Morgan fingerprint density at radius 2 is 1.82 bits per heavy atom. The largest absolute Gasteiger partial charge is 0.481 e. The first-order chi connectivity index (χ1) is 18.2. The van der Waals surface area contributed by atoms with E-state index in [1.54, 1.807) is 18.2 Å². The van der Waals surface area contributed by atoms with E-state index < -0.39 is 24.0 Å². The van der Waals surface area contributed by atoms with Crippen LogP contribution in [0.1, 0.15) is 28.8 Å². The van der Waals surface area contributed by atoms with Gasteiger partial charge in [-0.05, 0) is 23.8 Å². The SMILES string of the molecule is N=C(N)C1CN(C(=O)OCc2ccccc2)CCN1CCC(=O)Nc1cccc(C(=O)NCCC(=O)O)c1. The number of carbonyl (C=O) groups is 4. The van der Waals surface area contributed by atoms with Crippen LogP contribution in [-0.2, 0) is 20.9 Å². The molecule has 0 saturated carbocycles. The molecule has 202 valence electrons. The van der Waals surface area contributed by atoms with E-state index in [1.807, 2.05) is 35.2 Å². The average Bonchev–Trinajstić information content (AvgIpc) is 2.91. The topological polar surface area (TPSA) is 178 Å². The number of nitrogens with one attached hydrogen (secondary N) is 3. The Balaban J connectivity index is 1.48. The molecule has 3 rings (SSSR count). The summed E-state index contributed by atoms with van der Waals surface area (Å²) in [5.41, 5.74) is 7.39. The fourth-order valence-electron chi connectivity index (χ4n) is 3.95. The van der Waals surface area contributed by atoms with Crippen LogP contribution < -0.4 is 16.4 Å². The summed E-state index contributed by atoms with van der Waals surface area (Å²) in [4.78, 5) is 51.3. The van der Waals surface area contributed by atoms with E-state index in [1.165, 1.54) is 11.0 Å². The molecule has 0 radical (unpaired) electrons. The number of benzene rings is 2. The Bertz CT molecular complexity index is 1160. The zero-order valence-corrected chi connectivity index (χ0v) is 20.9.